The highest BCUT2D eigenvalue weighted by Gasteiger charge is 2.20. The minimum atomic E-state index is -0.744. The summed E-state index contributed by atoms with van der Waals surface area (Å²) in [6.45, 7) is 0. The van der Waals surface area contributed by atoms with Gasteiger partial charge in [-0.3, -0.25) is 4.79 Å². The van der Waals surface area contributed by atoms with Crippen molar-refractivity contribution in [3.05, 3.63) is 64.4 Å². The number of nitrogens with one attached hydrogen (secondary N) is 1. The average molecular weight is 338 g/mol. The van der Waals surface area contributed by atoms with Crippen molar-refractivity contribution in [3.8, 4) is 0 Å². The van der Waals surface area contributed by atoms with Gasteiger partial charge in [0.25, 0.3) is 5.91 Å². The van der Waals surface area contributed by atoms with Crippen LogP contribution in [0.15, 0.2) is 53.0 Å². The maximum absolute atomic E-state index is 13.2. The van der Waals surface area contributed by atoms with Crippen LogP contribution in [0.25, 0.3) is 0 Å². The number of amides is 1. The minimum Gasteiger partial charge on any atom is -0.367 e. The van der Waals surface area contributed by atoms with E-state index in [4.69, 9.17) is 4.74 Å². The topological polar surface area (TPSA) is 38.3 Å². The van der Waals surface area contributed by atoms with Crippen LogP contribution in [0, 0.1) is 5.82 Å². The number of hydrogen-bond donors (Lipinski definition) is 1. The normalized spacial score (nSPS) is 11.9. The molecule has 5 heteroatoms. The molecule has 0 saturated heterocycles. The maximum atomic E-state index is 13.2. The standard InChI is InChI=1S/C15H13BrFNO2/c1-20-14(10-5-3-2-4-6-10)15(19)18-13-9-11(17)7-8-12(13)16/h2-9,14H,1H3,(H,18,19). The molecule has 1 amide bonds. The lowest BCUT2D eigenvalue weighted by atomic mass is 10.1. The summed E-state index contributed by atoms with van der Waals surface area (Å²) < 4.78 is 19.0. The molecule has 0 aliphatic rings. The van der Waals surface area contributed by atoms with Gasteiger partial charge in [0.2, 0.25) is 0 Å². The molecule has 0 aromatic heterocycles. The van der Waals surface area contributed by atoms with E-state index in [0.29, 0.717) is 10.2 Å². The first-order valence-electron chi connectivity index (χ1n) is 5.95. The molecule has 1 atom stereocenters. The zero-order chi connectivity index (χ0) is 14.5. The van der Waals surface area contributed by atoms with E-state index in [1.165, 1.54) is 25.3 Å². The van der Waals surface area contributed by atoms with Crippen LogP contribution >= 0.6 is 15.9 Å². The van der Waals surface area contributed by atoms with Crippen LogP contribution in [0.2, 0.25) is 0 Å². The first kappa shape index (κ1) is 14.7. The van der Waals surface area contributed by atoms with E-state index < -0.39 is 11.9 Å². The summed E-state index contributed by atoms with van der Waals surface area (Å²) in [5.41, 5.74) is 1.10. The molecule has 3 nitrogen and oxygen atoms in total. The van der Waals surface area contributed by atoms with Crippen molar-refractivity contribution in [2.75, 3.05) is 12.4 Å². The zero-order valence-corrected chi connectivity index (χ0v) is 12.4. The monoisotopic (exact) mass is 337 g/mol. The predicted octanol–water partition coefficient (Wildman–Crippen LogP) is 3.91. The number of benzene rings is 2. The molecule has 20 heavy (non-hydrogen) atoms. The van der Waals surface area contributed by atoms with Gasteiger partial charge < -0.3 is 10.1 Å². The Morgan fingerprint density at radius 3 is 2.60 bits per heavy atom. The van der Waals surface area contributed by atoms with Crippen molar-refractivity contribution >= 4 is 27.5 Å². The third-order valence-electron chi connectivity index (χ3n) is 2.76. The van der Waals surface area contributed by atoms with E-state index >= 15 is 0 Å². The Kier molecular flexibility index (Phi) is 4.87. The van der Waals surface area contributed by atoms with Crippen molar-refractivity contribution in [3.63, 3.8) is 0 Å². The van der Waals surface area contributed by atoms with Crippen molar-refractivity contribution in [1.82, 2.24) is 0 Å². The van der Waals surface area contributed by atoms with Gasteiger partial charge in [0.15, 0.2) is 6.10 Å². The van der Waals surface area contributed by atoms with E-state index in [9.17, 15) is 9.18 Å². The Morgan fingerprint density at radius 2 is 1.95 bits per heavy atom. The third-order valence-corrected chi connectivity index (χ3v) is 3.45. The number of rotatable bonds is 4. The van der Waals surface area contributed by atoms with E-state index in [-0.39, 0.29) is 5.91 Å². The number of carbonyl (C=O) groups is 1. The van der Waals surface area contributed by atoms with Gasteiger partial charge in [-0.15, -0.1) is 0 Å². The van der Waals surface area contributed by atoms with Crippen LogP contribution in [-0.4, -0.2) is 13.0 Å². The van der Waals surface area contributed by atoms with E-state index in [0.717, 1.165) is 5.56 Å². The highest BCUT2D eigenvalue weighted by atomic mass is 79.9. The number of hydrogen-bond acceptors (Lipinski definition) is 2. The molecule has 1 N–H and O–H groups in total. The highest BCUT2D eigenvalue weighted by molar-refractivity contribution is 9.10. The molecule has 0 aliphatic heterocycles. The fourth-order valence-corrected chi connectivity index (χ4v) is 2.16. The average Bonchev–Trinajstić information content (AvgIpc) is 2.45. The summed E-state index contributed by atoms with van der Waals surface area (Å²) in [6, 6.07) is 13.2. The number of halogens is 2. The molecule has 1 unspecified atom stereocenters. The van der Waals surface area contributed by atoms with Gasteiger partial charge in [-0.1, -0.05) is 30.3 Å². The van der Waals surface area contributed by atoms with Gasteiger partial charge in [-0.05, 0) is 39.7 Å². The second-order valence-corrected chi connectivity index (χ2v) is 4.99. The molecule has 2 aromatic rings. The Balaban J connectivity index is 2.20. The van der Waals surface area contributed by atoms with E-state index in [1.807, 2.05) is 18.2 Å². The number of carbonyl (C=O) groups excluding carboxylic acids is 1. The molecule has 0 radical (unpaired) electrons. The summed E-state index contributed by atoms with van der Waals surface area (Å²) in [7, 11) is 1.46. The van der Waals surface area contributed by atoms with Crippen LogP contribution in [0.5, 0.6) is 0 Å². The molecular formula is C15H13BrFNO2. The smallest absolute Gasteiger partial charge is 0.258 e. The third kappa shape index (κ3) is 3.43. The lowest BCUT2D eigenvalue weighted by molar-refractivity contribution is -0.126. The number of methoxy groups -OCH3 is 1. The van der Waals surface area contributed by atoms with Crippen molar-refractivity contribution in [2.45, 2.75) is 6.10 Å². The van der Waals surface area contributed by atoms with Gasteiger partial charge in [-0.2, -0.15) is 0 Å². The maximum Gasteiger partial charge on any atom is 0.258 e. The van der Waals surface area contributed by atoms with Gasteiger partial charge >= 0.3 is 0 Å². The second-order valence-electron chi connectivity index (χ2n) is 4.14. The molecule has 104 valence electrons. The van der Waals surface area contributed by atoms with Crippen LogP contribution in [-0.2, 0) is 9.53 Å². The molecule has 0 fully saturated rings. The van der Waals surface area contributed by atoms with Crippen LogP contribution in [0.1, 0.15) is 11.7 Å². The zero-order valence-electron chi connectivity index (χ0n) is 10.8. The molecule has 2 rings (SSSR count). The molecule has 0 bridgehead atoms. The molecule has 2 aromatic carbocycles. The summed E-state index contributed by atoms with van der Waals surface area (Å²) in [6.07, 6.45) is -0.744. The lowest BCUT2D eigenvalue weighted by Gasteiger charge is -2.16. The lowest BCUT2D eigenvalue weighted by Crippen LogP contribution is -2.22. The molecular weight excluding hydrogens is 325 g/mol. The van der Waals surface area contributed by atoms with E-state index in [2.05, 4.69) is 21.2 Å². The van der Waals surface area contributed by atoms with Crippen LogP contribution < -0.4 is 5.32 Å². The highest BCUT2D eigenvalue weighted by Crippen LogP contribution is 2.25. The summed E-state index contributed by atoms with van der Waals surface area (Å²) in [5, 5.41) is 2.65. The molecule has 0 saturated carbocycles. The Bertz CT molecular complexity index is 604. The summed E-state index contributed by atoms with van der Waals surface area (Å²) in [5.74, 6) is -0.776. The van der Waals surface area contributed by atoms with Crippen LogP contribution in [0.3, 0.4) is 0 Å². The fourth-order valence-electron chi connectivity index (χ4n) is 1.81. The summed E-state index contributed by atoms with van der Waals surface area (Å²) >= 11 is 3.26. The van der Waals surface area contributed by atoms with Gasteiger partial charge in [0.1, 0.15) is 5.82 Å². The Hall–Kier alpha value is -1.72. The first-order chi connectivity index (χ1) is 9.61. The molecule has 0 aliphatic carbocycles. The Morgan fingerprint density at radius 1 is 1.25 bits per heavy atom. The molecule has 0 heterocycles. The van der Waals surface area contributed by atoms with Crippen molar-refractivity contribution < 1.29 is 13.9 Å². The van der Waals surface area contributed by atoms with Crippen molar-refractivity contribution in [1.29, 1.82) is 0 Å². The SMILES string of the molecule is COC(C(=O)Nc1cc(F)ccc1Br)c1ccccc1. The van der Waals surface area contributed by atoms with Gasteiger partial charge in [-0.25, -0.2) is 4.39 Å². The van der Waals surface area contributed by atoms with Gasteiger partial charge in [0, 0.05) is 11.6 Å². The van der Waals surface area contributed by atoms with Crippen molar-refractivity contribution in [2.24, 2.45) is 0 Å². The minimum absolute atomic E-state index is 0.356. The summed E-state index contributed by atoms with van der Waals surface area (Å²) in [4.78, 5) is 12.2. The quantitative estimate of drug-likeness (QED) is 0.918. The predicted molar refractivity (Wildman–Crippen MR) is 78.9 cm³/mol. The first-order valence-corrected chi connectivity index (χ1v) is 6.75. The largest absolute Gasteiger partial charge is 0.367 e. The Labute approximate surface area is 124 Å². The van der Waals surface area contributed by atoms with Crippen LogP contribution in [0.4, 0.5) is 10.1 Å². The molecule has 0 spiro atoms. The number of anilines is 1. The number of ether oxygens (including phenoxy) is 1. The fraction of sp³-hybridized carbons (Fsp3) is 0.133. The van der Waals surface area contributed by atoms with Gasteiger partial charge in [0.05, 0.1) is 5.69 Å². The van der Waals surface area contributed by atoms with E-state index in [1.54, 1.807) is 12.1 Å². The second kappa shape index (κ2) is 6.63.